The van der Waals surface area contributed by atoms with Gasteiger partial charge in [-0.3, -0.25) is 4.79 Å². The lowest BCUT2D eigenvalue weighted by Gasteiger charge is -2.10. The van der Waals surface area contributed by atoms with Gasteiger partial charge in [-0.05, 0) is 24.2 Å². The van der Waals surface area contributed by atoms with Crippen LogP contribution in [0.3, 0.4) is 0 Å². The summed E-state index contributed by atoms with van der Waals surface area (Å²) >= 11 is 0. The molecule has 0 aliphatic heterocycles. The lowest BCUT2D eigenvalue weighted by Crippen LogP contribution is -2.17. The Bertz CT molecular complexity index is 402. The molecule has 0 saturated heterocycles. The number of benzene rings is 1. The molecule has 0 saturated carbocycles. The van der Waals surface area contributed by atoms with Crippen molar-refractivity contribution < 1.29 is 18.0 Å². The van der Waals surface area contributed by atoms with Gasteiger partial charge in [0, 0.05) is 12.0 Å². The summed E-state index contributed by atoms with van der Waals surface area (Å²) in [5.41, 5.74) is 9.43. The third-order valence-electron chi connectivity index (χ3n) is 1.98. The van der Waals surface area contributed by atoms with Crippen LogP contribution in [0, 0.1) is 6.42 Å². The SMILES string of the molecule is NC[CH]c1ccc(C(F)(F)F)cc1C(N)=O. The van der Waals surface area contributed by atoms with E-state index in [1.165, 1.54) is 12.5 Å². The highest BCUT2D eigenvalue weighted by atomic mass is 19.4. The van der Waals surface area contributed by atoms with Crippen molar-refractivity contribution in [2.24, 2.45) is 11.5 Å². The van der Waals surface area contributed by atoms with Gasteiger partial charge >= 0.3 is 6.18 Å². The molecule has 1 aromatic carbocycles. The van der Waals surface area contributed by atoms with Crippen molar-refractivity contribution in [3.05, 3.63) is 41.3 Å². The van der Waals surface area contributed by atoms with Crippen LogP contribution in [0.15, 0.2) is 18.2 Å². The summed E-state index contributed by atoms with van der Waals surface area (Å²) in [5, 5.41) is 0. The number of amides is 1. The molecule has 6 heteroatoms. The predicted octanol–water partition coefficient (Wildman–Crippen LogP) is 1.32. The molecule has 1 amide bonds. The number of primary amides is 1. The van der Waals surface area contributed by atoms with Crippen LogP contribution in [0.25, 0.3) is 0 Å². The monoisotopic (exact) mass is 231 g/mol. The molecule has 16 heavy (non-hydrogen) atoms. The minimum absolute atomic E-state index is 0.117. The summed E-state index contributed by atoms with van der Waals surface area (Å²) in [6.07, 6.45) is -3.06. The zero-order valence-corrected chi connectivity index (χ0v) is 8.21. The van der Waals surface area contributed by atoms with E-state index in [9.17, 15) is 18.0 Å². The third-order valence-corrected chi connectivity index (χ3v) is 1.98. The zero-order chi connectivity index (χ0) is 12.3. The Morgan fingerprint density at radius 3 is 2.44 bits per heavy atom. The van der Waals surface area contributed by atoms with E-state index in [4.69, 9.17) is 11.5 Å². The second-order valence-corrected chi connectivity index (χ2v) is 3.10. The van der Waals surface area contributed by atoms with Crippen molar-refractivity contribution >= 4 is 5.91 Å². The summed E-state index contributed by atoms with van der Waals surface area (Å²) in [6, 6.07) is 2.79. The molecule has 0 aromatic heterocycles. The molecule has 4 N–H and O–H groups in total. The molecule has 87 valence electrons. The summed E-state index contributed by atoms with van der Waals surface area (Å²) < 4.78 is 37.1. The van der Waals surface area contributed by atoms with Gasteiger partial charge in [-0.25, -0.2) is 0 Å². The third kappa shape index (κ3) is 2.73. The van der Waals surface area contributed by atoms with E-state index < -0.39 is 17.6 Å². The highest BCUT2D eigenvalue weighted by Crippen LogP contribution is 2.30. The quantitative estimate of drug-likeness (QED) is 0.823. The number of halogens is 3. The molecule has 1 aromatic rings. The number of hydrogen-bond donors (Lipinski definition) is 2. The first-order chi connectivity index (χ1) is 7.36. The Morgan fingerprint density at radius 2 is 2.00 bits per heavy atom. The number of carbonyl (C=O) groups is 1. The fourth-order valence-corrected chi connectivity index (χ4v) is 1.25. The Hall–Kier alpha value is -1.56. The number of hydrogen-bond acceptors (Lipinski definition) is 2. The minimum atomic E-state index is -4.49. The van der Waals surface area contributed by atoms with Crippen molar-refractivity contribution in [3.8, 4) is 0 Å². The van der Waals surface area contributed by atoms with Gasteiger partial charge in [0.25, 0.3) is 0 Å². The predicted molar refractivity (Wildman–Crippen MR) is 52.4 cm³/mol. The van der Waals surface area contributed by atoms with Gasteiger partial charge in [0.1, 0.15) is 0 Å². The standard InChI is InChI=1S/C10H10F3N2O/c11-10(12,13)7-2-1-6(3-4-14)8(5-7)9(15)16/h1-3,5H,4,14H2,(H2,15,16). The van der Waals surface area contributed by atoms with Crippen LogP contribution >= 0.6 is 0 Å². The van der Waals surface area contributed by atoms with Crippen molar-refractivity contribution in [1.82, 2.24) is 0 Å². The number of rotatable bonds is 3. The van der Waals surface area contributed by atoms with E-state index in [0.29, 0.717) is 5.56 Å². The number of nitrogens with two attached hydrogens (primary N) is 2. The van der Waals surface area contributed by atoms with E-state index in [0.717, 1.165) is 12.1 Å². The highest BCUT2D eigenvalue weighted by Gasteiger charge is 2.31. The molecule has 1 radical (unpaired) electrons. The van der Waals surface area contributed by atoms with Crippen LogP contribution in [-0.4, -0.2) is 12.5 Å². The summed E-state index contributed by atoms with van der Waals surface area (Å²) in [7, 11) is 0. The van der Waals surface area contributed by atoms with Crippen LogP contribution in [0.2, 0.25) is 0 Å². The fraction of sp³-hybridized carbons (Fsp3) is 0.200. The average Bonchev–Trinajstić information content (AvgIpc) is 2.16. The van der Waals surface area contributed by atoms with Crippen LogP contribution in [0.5, 0.6) is 0 Å². The van der Waals surface area contributed by atoms with E-state index in [-0.39, 0.29) is 12.1 Å². The largest absolute Gasteiger partial charge is 0.416 e. The molecular formula is C10H10F3N2O. The topological polar surface area (TPSA) is 69.1 Å². The molecule has 0 bridgehead atoms. The maximum absolute atomic E-state index is 12.4. The molecule has 0 fully saturated rings. The summed E-state index contributed by atoms with van der Waals surface area (Å²) in [4.78, 5) is 11.0. The van der Waals surface area contributed by atoms with E-state index in [2.05, 4.69) is 0 Å². The molecule has 0 unspecified atom stereocenters. The molecule has 0 aliphatic carbocycles. The first kappa shape index (κ1) is 12.5. The van der Waals surface area contributed by atoms with Crippen LogP contribution in [0.4, 0.5) is 13.2 Å². The van der Waals surface area contributed by atoms with E-state index >= 15 is 0 Å². The fourth-order valence-electron chi connectivity index (χ4n) is 1.25. The first-order valence-corrected chi connectivity index (χ1v) is 4.40. The van der Waals surface area contributed by atoms with E-state index in [1.807, 2.05) is 0 Å². The van der Waals surface area contributed by atoms with Gasteiger partial charge in [0.05, 0.1) is 5.56 Å². The highest BCUT2D eigenvalue weighted by molar-refractivity contribution is 5.95. The lowest BCUT2D eigenvalue weighted by molar-refractivity contribution is -0.137. The van der Waals surface area contributed by atoms with Gasteiger partial charge in [-0.1, -0.05) is 6.07 Å². The molecular weight excluding hydrogens is 221 g/mol. The smallest absolute Gasteiger partial charge is 0.366 e. The molecule has 0 heterocycles. The second kappa shape index (κ2) is 4.52. The minimum Gasteiger partial charge on any atom is -0.366 e. The maximum Gasteiger partial charge on any atom is 0.416 e. The normalized spacial score (nSPS) is 11.5. The van der Waals surface area contributed by atoms with E-state index in [1.54, 1.807) is 0 Å². The molecule has 0 spiro atoms. The Balaban J connectivity index is 3.23. The Kier molecular flexibility index (Phi) is 3.54. The van der Waals surface area contributed by atoms with Crippen molar-refractivity contribution in [3.63, 3.8) is 0 Å². The maximum atomic E-state index is 12.4. The van der Waals surface area contributed by atoms with Crippen molar-refractivity contribution in [2.45, 2.75) is 6.18 Å². The lowest BCUT2D eigenvalue weighted by atomic mass is 10.0. The number of carbonyl (C=O) groups excluding carboxylic acids is 1. The zero-order valence-electron chi connectivity index (χ0n) is 8.21. The molecule has 0 atom stereocenters. The Labute approximate surface area is 90.2 Å². The van der Waals surface area contributed by atoms with Crippen LogP contribution in [0.1, 0.15) is 21.5 Å². The second-order valence-electron chi connectivity index (χ2n) is 3.10. The summed E-state index contributed by atoms with van der Waals surface area (Å²) in [6.45, 7) is 0.117. The van der Waals surface area contributed by atoms with Gasteiger partial charge in [0.2, 0.25) is 5.91 Å². The van der Waals surface area contributed by atoms with Gasteiger partial charge in [-0.15, -0.1) is 0 Å². The average molecular weight is 231 g/mol. The van der Waals surface area contributed by atoms with Gasteiger partial charge in [-0.2, -0.15) is 13.2 Å². The van der Waals surface area contributed by atoms with Crippen LogP contribution < -0.4 is 11.5 Å². The van der Waals surface area contributed by atoms with Crippen molar-refractivity contribution in [1.29, 1.82) is 0 Å². The van der Waals surface area contributed by atoms with Crippen LogP contribution in [-0.2, 0) is 6.18 Å². The van der Waals surface area contributed by atoms with Crippen molar-refractivity contribution in [2.75, 3.05) is 6.54 Å². The number of alkyl halides is 3. The molecule has 1 rings (SSSR count). The van der Waals surface area contributed by atoms with Gasteiger partial charge < -0.3 is 11.5 Å². The van der Waals surface area contributed by atoms with Gasteiger partial charge in [0.15, 0.2) is 0 Å². The Morgan fingerprint density at radius 1 is 1.38 bits per heavy atom. The molecule has 3 nitrogen and oxygen atoms in total. The first-order valence-electron chi connectivity index (χ1n) is 4.40. The summed E-state index contributed by atoms with van der Waals surface area (Å²) in [5.74, 6) is -0.911. The molecule has 0 aliphatic rings.